The SMILES string of the molecule is CCC1CCC(C(=O)NC(C(=O)N(C)C/C=C(\C)C(C)=O)C(C)C)N(C(C)C)C1. The highest BCUT2D eigenvalue weighted by molar-refractivity contribution is 5.93. The predicted octanol–water partition coefficient (Wildman–Crippen LogP) is 3.02. The van der Waals surface area contributed by atoms with Crippen molar-refractivity contribution >= 4 is 17.6 Å². The Morgan fingerprint density at radius 1 is 1.14 bits per heavy atom. The van der Waals surface area contributed by atoms with Crippen LogP contribution in [0.4, 0.5) is 0 Å². The Morgan fingerprint density at radius 2 is 1.76 bits per heavy atom. The summed E-state index contributed by atoms with van der Waals surface area (Å²) in [6.07, 6.45) is 4.76. The zero-order chi connectivity index (χ0) is 22.3. The maximum absolute atomic E-state index is 13.1. The molecule has 0 aromatic carbocycles. The fraction of sp³-hybridized carbons (Fsp3) is 0.783. The molecule has 1 aliphatic rings. The molecule has 3 unspecified atom stereocenters. The molecule has 1 rings (SSSR count). The van der Waals surface area contributed by atoms with E-state index in [1.807, 2.05) is 13.8 Å². The summed E-state index contributed by atoms with van der Waals surface area (Å²) in [5.41, 5.74) is 0.634. The molecular weight excluding hydrogens is 366 g/mol. The number of ketones is 1. The number of hydrogen-bond donors (Lipinski definition) is 1. The Morgan fingerprint density at radius 3 is 2.24 bits per heavy atom. The fourth-order valence-corrected chi connectivity index (χ4v) is 3.77. The van der Waals surface area contributed by atoms with Gasteiger partial charge in [0.05, 0.1) is 6.04 Å². The maximum Gasteiger partial charge on any atom is 0.245 e. The molecule has 0 spiro atoms. The Kier molecular flexibility index (Phi) is 10.0. The van der Waals surface area contributed by atoms with Crippen LogP contribution < -0.4 is 5.32 Å². The third-order valence-corrected chi connectivity index (χ3v) is 6.09. The molecule has 29 heavy (non-hydrogen) atoms. The largest absolute Gasteiger partial charge is 0.343 e. The molecule has 3 atom stereocenters. The van der Waals surface area contributed by atoms with Gasteiger partial charge in [0.2, 0.25) is 11.8 Å². The van der Waals surface area contributed by atoms with Crippen molar-refractivity contribution in [2.45, 2.75) is 85.9 Å². The summed E-state index contributed by atoms with van der Waals surface area (Å²) in [6, 6.07) is -0.468. The fourth-order valence-electron chi connectivity index (χ4n) is 3.77. The van der Waals surface area contributed by atoms with Crippen LogP contribution in [0, 0.1) is 11.8 Å². The minimum Gasteiger partial charge on any atom is -0.343 e. The van der Waals surface area contributed by atoms with Crippen LogP contribution in [-0.4, -0.2) is 65.7 Å². The first-order valence-corrected chi connectivity index (χ1v) is 11.0. The van der Waals surface area contributed by atoms with E-state index < -0.39 is 6.04 Å². The Balaban J connectivity index is 2.86. The number of Topliss-reactive ketones (excluding diaryl/α,β-unsaturated/α-hetero) is 1. The smallest absolute Gasteiger partial charge is 0.245 e. The molecule has 6 nitrogen and oxygen atoms in total. The van der Waals surface area contributed by atoms with Crippen molar-refractivity contribution in [3.8, 4) is 0 Å². The second kappa shape index (κ2) is 11.5. The van der Waals surface area contributed by atoms with Crippen LogP contribution in [0.3, 0.4) is 0 Å². The summed E-state index contributed by atoms with van der Waals surface area (Å²) < 4.78 is 0. The molecule has 0 aromatic rings. The number of likely N-dealkylation sites (tertiary alicyclic amines) is 1. The lowest BCUT2D eigenvalue weighted by molar-refractivity contribution is -0.139. The summed E-state index contributed by atoms with van der Waals surface area (Å²) in [5, 5.41) is 3.04. The first-order chi connectivity index (χ1) is 13.5. The molecule has 166 valence electrons. The van der Waals surface area contributed by atoms with E-state index in [1.165, 1.54) is 6.92 Å². The van der Waals surface area contributed by atoms with Gasteiger partial charge in [0, 0.05) is 26.2 Å². The van der Waals surface area contributed by atoms with Crippen LogP contribution in [0.2, 0.25) is 0 Å². The van der Waals surface area contributed by atoms with Crippen LogP contribution in [0.5, 0.6) is 0 Å². The van der Waals surface area contributed by atoms with Crippen LogP contribution in [0.1, 0.15) is 67.7 Å². The summed E-state index contributed by atoms with van der Waals surface area (Å²) >= 11 is 0. The van der Waals surface area contributed by atoms with Gasteiger partial charge in [-0.3, -0.25) is 19.3 Å². The minimum absolute atomic E-state index is 0.00369. The first-order valence-electron chi connectivity index (χ1n) is 11.0. The number of carbonyl (C=O) groups excluding carboxylic acids is 3. The molecule has 1 aliphatic heterocycles. The summed E-state index contributed by atoms with van der Waals surface area (Å²) in [5.74, 6) is 0.428. The van der Waals surface area contributed by atoms with Crippen molar-refractivity contribution in [3.63, 3.8) is 0 Å². The van der Waals surface area contributed by atoms with Crippen molar-refractivity contribution in [2.75, 3.05) is 20.1 Å². The number of nitrogens with zero attached hydrogens (tertiary/aromatic N) is 2. The van der Waals surface area contributed by atoms with Crippen molar-refractivity contribution in [2.24, 2.45) is 11.8 Å². The van der Waals surface area contributed by atoms with Crippen molar-refractivity contribution in [1.29, 1.82) is 0 Å². The lowest BCUT2D eigenvalue weighted by Crippen LogP contribution is -2.58. The lowest BCUT2D eigenvalue weighted by atomic mass is 9.89. The average molecular weight is 408 g/mol. The van der Waals surface area contributed by atoms with E-state index in [1.54, 1.807) is 24.9 Å². The second-order valence-corrected chi connectivity index (χ2v) is 9.05. The number of likely N-dealkylation sites (N-methyl/N-ethyl adjacent to an activating group) is 1. The van der Waals surface area contributed by atoms with E-state index in [4.69, 9.17) is 0 Å². The molecule has 1 N–H and O–H groups in total. The number of allylic oxidation sites excluding steroid dienone is 1. The lowest BCUT2D eigenvalue weighted by Gasteiger charge is -2.41. The second-order valence-electron chi connectivity index (χ2n) is 9.05. The van der Waals surface area contributed by atoms with Crippen molar-refractivity contribution in [3.05, 3.63) is 11.6 Å². The van der Waals surface area contributed by atoms with Gasteiger partial charge in [-0.2, -0.15) is 0 Å². The molecule has 6 heteroatoms. The van der Waals surface area contributed by atoms with E-state index in [9.17, 15) is 14.4 Å². The van der Waals surface area contributed by atoms with E-state index in [2.05, 4.69) is 31.0 Å². The highest BCUT2D eigenvalue weighted by Crippen LogP contribution is 2.26. The molecule has 2 amide bonds. The van der Waals surface area contributed by atoms with E-state index in [0.717, 1.165) is 25.8 Å². The summed E-state index contributed by atoms with van der Waals surface area (Å²) in [4.78, 5) is 41.3. The molecule has 0 saturated carbocycles. The van der Waals surface area contributed by atoms with Gasteiger partial charge < -0.3 is 10.2 Å². The van der Waals surface area contributed by atoms with Gasteiger partial charge in [0.15, 0.2) is 5.78 Å². The highest BCUT2D eigenvalue weighted by atomic mass is 16.2. The van der Waals surface area contributed by atoms with Gasteiger partial charge in [-0.15, -0.1) is 0 Å². The van der Waals surface area contributed by atoms with Gasteiger partial charge in [0.25, 0.3) is 0 Å². The first kappa shape index (κ1) is 25.3. The quantitative estimate of drug-likeness (QED) is 0.597. The molecule has 1 heterocycles. The Hall–Kier alpha value is -1.69. The number of amides is 2. The summed E-state index contributed by atoms with van der Waals surface area (Å²) in [6.45, 7) is 14.9. The Bertz CT molecular complexity index is 612. The number of nitrogens with one attached hydrogen (secondary N) is 1. The monoisotopic (exact) mass is 407 g/mol. The van der Waals surface area contributed by atoms with E-state index >= 15 is 0 Å². The average Bonchev–Trinajstić information content (AvgIpc) is 2.68. The van der Waals surface area contributed by atoms with Crippen LogP contribution in [0.15, 0.2) is 11.6 Å². The normalized spacial score (nSPS) is 21.9. The third kappa shape index (κ3) is 7.25. The molecule has 0 aliphatic carbocycles. The molecule has 1 fully saturated rings. The Labute approximate surface area is 177 Å². The van der Waals surface area contributed by atoms with Gasteiger partial charge in [-0.05, 0) is 57.9 Å². The summed E-state index contributed by atoms with van der Waals surface area (Å²) in [7, 11) is 1.71. The van der Waals surface area contributed by atoms with Crippen LogP contribution in [-0.2, 0) is 14.4 Å². The zero-order valence-corrected chi connectivity index (χ0v) is 19.6. The van der Waals surface area contributed by atoms with Crippen LogP contribution >= 0.6 is 0 Å². The van der Waals surface area contributed by atoms with Gasteiger partial charge >= 0.3 is 0 Å². The molecule has 1 saturated heterocycles. The maximum atomic E-state index is 13.1. The van der Waals surface area contributed by atoms with Gasteiger partial charge in [0.1, 0.15) is 6.04 Å². The van der Waals surface area contributed by atoms with Crippen molar-refractivity contribution < 1.29 is 14.4 Å². The third-order valence-electron chi connectivity index (χ3n) is 6.09. The predicted molar refractivity (Wildman–Crippen MR) is 117 cm³/mol. The zero-order valence-electron chi connectivity index (χ0n) is 19.6. The molecular formula is C23H41N3O3. The minimum atomic E-state index is -0.573. The molecule has 0 bridgehead atoms. The number of rotatable bonds is 9. The number of piperidine rings is 1. The highest BCUT2D eigenvalue weighted by Gasteiger charge is 2.36. The topological polar surface area (TPSA) is 69.7 Å². The molecule has 0 aromatic heterocycles. The van der Waals surface area contributed by atoms with E-state index in [0.29, 0.717) is 18.0 Å². The number of carbonyl (C=O) groups is 3. The van der Waals surface area contributed by atoms with Gasteiger partial charge in [-0.25, -0.2) is 0 Å². The standard InChI is InChI=1S/C23H41N3O3/c1-9-19-10-11-20(26(14-19)16(4)5)22(28)24-21(15(2)3)23(29)25(8)13-12-17(6)18(7)27/h12,15-16,19-21H,9-11,13-14H2,1-8H3,(H,24,28)/b17-12+. The molecule has 0 radical (unpaired) electrons. The van der Waals surface area contributed by atoms with Crippen molar-refractivity contribution in [1.82, 2.24) is 15.1 Å². The van der Waals surface area contributed by atoms with Gasteiger partial charge in [-0.1, -0.05) is 33.3 Å². The van der Waals surface area contributed by atoms with E-state index in [-0.39, 0.29) is 35.6 Å². The number of hydrogen-bond acceptors (Lipinski definition) is 4. The van der Waals surface area contributed by atoms with Crippen LogP contribution in [0.25, 0.3) is 0 Å².